The number of hydrogen-bond donors (Lipinski definition) is 1. The zero-order valence-corrected chi connectivity index (χ0v) is 14.8. The lowest BCUT2D eigenvalue weighted by Crippen LogP contribution is -2.30. The number of carbonyl (C=O) groups excluding carboxylic acids is 2. The number of rotatable bonds is 6. The molecule has 6 nitrogen and oxygen atoms in total. The van der Waals surface area contributed by atoms with Gasteiger partial charge >= 0.3 is 5.97 Å². The number of carbonyl (C=O) groups is 2. The van der Waals surface area contributed by atoms with Crippen molar-refractivity contribution in [3.05, 3.63) is 53.1 Å². The number of amides is 1. The maximum atomic E-state index is 12.3. The number of benzene rings is 2. The molecule has 2 aromatic rings. The molecule has 0 aliphatic heterocycles. The van der Waals surface area contributed by atoms with E-state index in [0.717, 1.165) is 0 Å². The third kappa shape index (κ3) is 4.87. The van der Waals surface area contributed by atoms with Gasteiger partial charge in [-0.3, -0.25) is 4.79 Å². The fourth-order valence-electron chi connectivity index (χ4n) is 2.06. The fraction of sp³-hybridized carbons (Fsp3) is 0.222. The van der Waals surface area contributed by atoms with Crippen LogP contribution in [-0.4, -0.2) is 32.2 Å². The zero-order chi connectivity index (χ0) is 18.4. The van der Waals surface area contributed by atoms with Crippen LogP contribution in [0.4, 0.5) is 5.69 Å². The van der Waals surface area contributed by atoms with Crippen LogP contribution in [0, 0.1) is 0 Å². The van der Waals surface area contributed by atoms with Crippen molar-refractivity contribution in [2.75, 3.05) is 19.5 Å². The van der Waals surface area contributed by atoms with Crippen molar-refractivity contribution >= 4 is 29.2 Å². The summed E-state index contributed by atoms with van der Waals surface area (Å²) in [6, 6.07) is 11.4. The van der Waals surface area contributed by atoms with Gasteiger partial charge in [0.2, 0.25) is 0 Å². The van der Waals surface area contributed by atoms with Crippen LogP contribution in [-0.2, 0) is 9.53 Å². The summed E-state index contributed by atoms with van der Waals surface area (Å²) < 4.78 is 15.5. The molecule has 0 unspecified atom stereocenters. The number of hydrogen-bond acceptors (Lipinski definition) is 5. The van der Waals surface area contributed by atoms with Gasteiger partial charge in [0.1, 0.15) is 0 Å². The lowest BCUT2D eigenvalue weighted by atomic mass is 10.2. The van der Waals surface area contributed by atoms with Gasteiger partial charge in [-0.1, -0.05) is 17.7 Å². The van der Waals surface area contributed by atoms with Crippen molar-refractivity contribution in [1.29, 1.82) is 0 Å². The highest BCUT2D eigenvalue weighted by molar-refractivity contribution is 6.30. The Hall–Kier alpha value is -2.73. The van der Waals surface area contributed by atoms with Crippen LogP contribution >= 0.6 is 11.6 Å². The van der Waals surface area contributed by atoms with Crippen molar-refractivity contribution in [2.45, 2.75) is 13.0 Å². The van der Waals surface area contributed by atoms with E-state index >= 15 is 0 Å². The molecule has 0 aliphatic carbocycles. The van der Waals surface area contributed by atoms with Gasteiger partial charge in [-0.15, -0.1) is 0 Å². The molecule has 0 aromatic heterocycles. The Bertz CT molecular complexity index is 778. The number of esters is 1. The van der Waals surface area contributed by atoms with Gasteiger partial charge in [0, 0.05) is 10.7 Å². The minimum absolute atomic E-state index is 0.322. The van der Waals surface area contributed by atoms with E-state index in [2.05, 4.69) is 10.1 Å². The van der Waals surface area contributed by atoms with Crippen molar-refractivity contribution in [2.24, 2.45) is 0 Å². The second kappa shape index (κ2) is 8.39. The van der Waals surface area contributed by atoms with Crippen LogP contribution in [0.5, 0.6) is 11.5 Å². The summed E-state index contributed by atoms with van der Waals surface area (Å²) in [4.78, 5) is 23.8. The number of ether oxygens (including phenoxy) is 3. The van der Waals surface area contributed by atoms with E-state index in [4.69, 9.17) is 21.1 Å². The van der Waals surface area contributed by atoms with Crippen molar-refractivity contribution in [3.63, 3.8) is 0 Å². The van der Waals surface area contributed by atoms with Gasteiger partial charge in [-0.25, -0.2) is 4.79 Å². The molecule has 25 heavy (non-hydrogen) atoms. The Morgan fingerprint density at radius 1 is 1.08 bits per heavy atom. The summed E-state index contributed by atoms with van der Waals surface area (Å²) >= 11 is 5.89. The maximum Gasteiger partial charge on any atom is 0.337 e. The molecule has 0 saturated carbocycles. The Kier molecular flexibility index (Phi) is 6.25. The minimum Gasteiger partial charge on any atom is -0.493 e. The molecule has 2 rings (SSSR count). The molecule has 0 bridgehead atoms. The number of anilines is 1. The molecule has 0 fully saturated rings. The topological polar surface area (TPSA) is 73.9 Å². The van der Waals surface area contributed by atoms with Crippen LogP contribution in [0.15, 0.2) is 42.5 Å². The van der Waals surface area contributed by atoms with Crippen molar-refractivity contribution in [1.82, 2.24) is 0 Å². The largest absolute Gasteiger partial charge is 0.493 e. The lowest BCUT2D eigenvalue weighted by molar-refractivity contribution is -0.122. The van der Waals surface area contributed by atoms with Gasteiger partial charge in [-0.2, -0.15) is 0 Å². The maximum absolute atomic E-state index is 12.3. The molecular formula is C18H18ClNO5. The number of halogens is 1. The van der Waals surface area contributed by atoms with E-state index < -0.39 is 12.1 Å². The summed E-state index contributed by atoms with van der Waals surface area (Å²) in [5.41, 5.74) is 0.892. The molecule has 1 amide bonds. The van der Waals surface area contributed by atoms with Crippen LogP contribution in [0.1, 0.15) is 17.3 Å². The standard InChI is InChI=1S/C18H18ClNO5/c1-11(17(21)20-14-6-4-5-13(19)10-14)25-15-8-7-12(18(22)24-3)9-16(15)23-2/h4-11H,1-3H3,(H,20,21)/t11-/m0/s1. The molecule has 0 heterocycles. The highest BCUT2D eigenvalue weighted by Gasteiger charge is 2.18. The van der Waals surface area contributed by atoms with Gasteiger partial charge in [0.15, 0.2) is 17.6 Å². The molecule has 7 heteroatoms. The average Bonchev–Trinajstić information content (AvgIpc) is 2.61. The third-order valence-corrected chi connectivity index (χ3v) is 3.58. The normalized spacial score (nSPS) is 11.4. The highest BCUT2D eigenvalue weighted by Crippen LogP contribution is 2.29. The predicted molar refractivity (Wildman–Crippen MR) is 94.5 cm³/mol. The molecule has 0 saturated heterocycles. The molecule has 0 spiro atoms. The van der Waals surface area contributed by atoms with E-state index in [-0.39, 0.29) is 5.91 Å². The first kappa shape index (κ1) is 18.6. The minimum atomic E-state index is -0.795. The van der Waals surface area contributed by atoms with Crippen LogP contribution in [0.2, 0.25) is 5.02 Å². The Labute approximate surface area is 150 Å². The second-order valence-electron chi connectivity index (χ2n) is 5.12. The number of nitrogens with one attached hydrogen (secondary N) is 1. The summed E-state index contributed by atoms with van der Waals surface area (Å²) in [6.07, 6.45) is -0.795. The van der Waals surface area contributed by atoms with Gasteiger partial charge in [0.05, 0.1) is 19.8 Å². The Morgan fingerprint density at radius 2 is 1.84 bits per heavy atom. The van der Waals surface area contributed by atoms with Gasteiger partial charge < -0.3 is 19.5 Å². The Balaban J connectivity index is 2.09. The van der Waals surface area contributed by atoms with E-state index in [1.165, 1.54) is 26.4 Å². The van der Waals surface area contributed by atoms with E-state index in [1.807, 2.05) is 0 Å². The first-order valence-corrected chi connectivity index (χ1v) is 7.82. The predicted octanol–water partition coefficient (Wildman–Crippen LogP) is 3.54. The van der Waals surface area contributed by atoms with E-state index in [1.54, 1.807) is 37.3 Å². The van der Waals surface area contributed by atoms with Crippen molar-refractivity contribution in [3.8, 4) is 11.5 Å². The molecule has 1 N–H and O–H groups in total. The summed E-state index contributed by atoms with van der Waals surface area (Å²) in [5, 5.41) is 3.24. The molecule has 132 valence electrons. The quantitative estimate of drug-likeness (QED) is 0.794. The molecule has 0 aliphatic rings. The fourth-order valence-corrected chi connectivity index (χ4v) is 2.25. The van der Waals surface area contributed by atoms with E-state index in [9.17, 15) is 9.59 Å². The number of methoxy groups -OCH3 is 2. The molecular weight excluding hydrogens is 346 g/mol. The van der Waals surface area contributed by atoms with E-state index in [0.29, 0.717) is 27.8 Å². The molecule has 0 radical (unpaired) electrons. The van der Waals surface area contributed by atoms with Crippen molar-refractivity contribution < 1.29 is 23.8 Å². The van der Waals surface area contributed by atoms with Crippen LogP contribution < -0.4 is 14.8 Å². The summed E-state index contributed by atoms with van der Waals surface area (Å²) in [6.45, 7) is 1.60. The summed E-state index contributed by atoms with van der Waals surface area (Å²) in [7, 11) is 2.74. The van der Waals surface area contributed by atoms with Gasteiger partial charge in [-0.05, 0) is 43.3 Å². The SMILES string of the molecule is COC(=O)c1ccc(O[C@@H](C)C(=O)Nc2cccc(Cl)c2)c(OC)c1. The lowest BCUT2D eigenvalue weighted by Gasteiger charge is -2.17. The van der Waals surface area contributed by atoms with Gasteiger partial charge in [0.25, 0.3) is 5.91 Å². The summed E-state index contributed by atoms with van der Waals surface area (Å²) in [5.74, 6) is -0.174. The smallest absolute Gasteiger partial charge is 0.337 e. The van der Waals surface area contributed by atoms with Crippen LogP contribution in [0.3, 0.4) is 0 Å². The first-order valence-electron chi connectivity index (χ1n) is 7.44. The highest BCUT2D eigenvalue weighted by atomic mass is 35.5. The second-order valence-corrected chi connectivity index (χ2v) is 5.55. The first-order chi connectivity index (χ1) is 11.9. The average molecular weight is 364 g/mol. The molecule has 1 atom stereocenters. The Morgan fingerprint density at radius 3 is 2.48 bits per heavy atom. The van der Waals surface area contributed by atoms with Crippen LogP contribution in [0.25, 0.3) is 0 Å². The molecule has 2 aromatic carbocycles. The zero-order valence-electron chi connectivity index (χ0n) is 14.0. The monoisotopic (exact) mass is 363 g/mol. The third-order valence-electron chi connectivity index (χ3n) is 3.35.